The molecule has 3 heterocycles. The highest BCUT2D eigenvalue weighted by Gasteiger charge is 2.48. The topological polar surface area (TPSA) is 191 Å². The number of carboxylic acids is 3. The number of ether oxygens (including phenoxy) is 1. The Morgan fingerprint density at radius 1 is 1.07 bits per heavy atom. The van der Waals surface area contributed by atoms with Gasteiger partial charge in [0.15, 0.2) is 5.60 Å². The van der Waals surface area contributed by atoms with Crippen molar-refractivity contribution in [3.63, 3.8) is 0 Å². The molecule has 2 aliphatic heterocycles. The molecule has 2 aromatic rings. The lowest BCUT2D eigenvalue weighted by Gasteiger charge is -2.44. The van der Waals surface area contributed by atoms with Crippen molar-refractivity contribution >= 4 is 17.9 Å². The molecule has 5 N–H and O–H groups in total. The molecular weight excluding hydrogens is 529 g/mol. The van der Waals surface area contributed by atoms with Gasteiger partial charge in [0.1, 0.15) is 11.6 Å². The zero-order valence-electron chi connectivity index (χ0n) is 22.1. The summed E-state index contributed by atoms with van der Waals surface area (Å²) in [5.41, 5.74) is -1.89. The predicted molar refractivity (Wildman–Crippen MR) is 137 cm³/mol. The highest BCUT2D eigenvalue weighted by atomic mass is 19.1. The molecule has 2 unspecified atom stereocenters. The fourth-order valence-corrected chi connectivity index (χ4v) is 5.30. The molecule has 2 atom stereocenters. The van der Waals surface area contributed by atoms with Crippen molar-refractivity contribution in [2.24, 2.45) is 0 Å². The Balaban J connectivity index is 0.000000289. The molecule has 2 fully saturated rings. The van der Waals surface area contributed by atoms with Crippen molar-refractivity contribution in [2.75, 3.05) is 13.7 Å². The second-order valence-corrected chi connectivity index (χ2v) is 10.2. The molecule has 0 amide bonds. The number of nitrogens with zero attached hydrogens (tertiary/aromatic N) is 3. The van der Waals surface area contributed by atoms with E-state index in [2.05, 4.69) is 14.9 Å². The van der Waals surface area contributed by atoms with Gasteiger partial charge in [0.25, 0.3) is 0 Å². The Labute approximate surface area is 230 Å². The minimum absolute atomic E-state index is 0.290. The summed E-state index contributed by atoms with van der Waals surface area (Å²) < 4.78 is 18.7. The number of methoxy groups -OCH3 is 1. The summed E-state index contributed by atoms with van der Waals surface area (Å²) in [6.07, 6.45) is 5.62. The van der Waals surface area contributed by atoms with E-state index in [4.69, 9.17) is 25.2 Å². The van der Waals surface area contributed by atoms with Crippen LogP contribution in [0.3, 0.4) is 0 Å². The number of aliphatic hydroxyl groups is 2. The number of carboxylic acid groups (broad SMARTS) is 3. The molecule has 13 heteroatoms. The molecule has 4 rings (SSSR count). The third kappa shape index (κ3) is 8.01. The van der Waals surface area contributed by atoms with Gasteiger partial charge >= 0.3 is 17.9 Å². The third-order valence-electron chi connectivity index (χ3n) is 7.22. The zero-order valence-corrected chi connectivity index (χ0v) is 22.1. The second-order valence-electron chi connectivity index (χ2n) is 10.2. The van der Waals surface area contributed by atoms with E-state index >= 15 is 0 Å². The van der Waals surface area contributed by atoms with E-state index in [1.165, 1.54) is 12.1 Å². The number of hydrogen-bond donors (Lipinski definition) is 5. The maximum absolute atomic E-state index is 13.6. The monoisotopic (exact) mass is 563 g/mol. The predicted octanol–water partition coefficient (Wildman–Crippen LogP) is 1.57. The highest BCUT2D eigenvalue weighted by molar-refractivity contribution is 5.88. The first-order valence-electron chi connectivity index (χ1n) is 12.8. The average molecular weight is 564 g/mol. The van der Waals surface area contributed by atoms with Gasteiger partial charge in [0.05, 0.1) is 25.0 Å². The molecular formula is C27H34FN3O9. The zero-order chi connectivity index (χ0) is 29.5. The molecule has 2 saturated heterocycles. The molecule has 2 bridgehead atoms. The van der Waals surface area contributed by atoms with Crippen LogP contribution < -0.4 is 0 Å². The fourth-order valence-electron chi connectivity index (χ4n) is 5.30. The van der Waals surface area contributed by atoms with Crippen LogP contribution in [-0.4, -0.2) is 89.7 Å². The number of aromatic nitrogens is 2. The largest absolute Gasteiger partial charge is 0.481 e. The van der Waals surface area contributed by atoms with Gasteiger partial charge in [-0.05, 0) is 43.4 Å². The quantitative estimate of drug-likeness (QED) is 0.266. The number of aliphatic carboxylic acids is 3. The van der Waals surface area contributed by atoms with Crippen molar-refractivity contribution < 1.29 is 49.0 Å². The second kappa shape index (κ2) is 13.2. The van der Waals surface area contributed by atoms with Gasteiger partial charge in [-0.15, -0.1) is 0 Å². The lowest BCUT2D eigenvalue weighted by molar-refractivity contribution is -0.170. The Kier molecular flexibility index (Phi) is 10.3. The van der Waals surface area contributed by atoms with Crippen LogP contribution >= 0.6 is 0 Å². The van der Waals surface area contributed by atoms with Crippen LogP contribution in [0.1, 0.15) is 55.5 Å². The standard InChI is InChI=1S/C21H26FN3O2.C6H8O7/c1-27-8-7-20-23-12-15(13-24-20)14-25-18-5-6-19(25)11-21(26,10-18)16-3-2-4-17(22)9-16;7-3(8)1-6(13,5(11)12)2-4(9)10/h2-4,9,12-13,18-19,26H,5-8,10-11,14H2,1H3;13H,1-2H2,(H,7,8)(H,9,10)(H,11,12). The van der Waals surface area contributed by atoms with Crippen LogP contribution in [0.15, 0.2) is 36.7 Å². The van der Waals surface area contributed by atoms with E-state index in [0.29, 0.717) is 43.5 Å². The Bertz CT molecular complexity index is 1160. The van der Waals surface area contributed by atoms with Gasteiger partial charge in [-0.2, -0.15) is 0 Å². The number of piperidine rings is 1. The maximum Gasteiger partial charge on any atom is 0.336 e. The molecule has 1 aromatic heterocycles. The van der Waals surface area contributed by atoms with Crippen molar-refractivity contribution in [2.45, 2.75) is 74.8 Å². The van der Waals surface area contributed by atoms with E-state index in [1.54, 1.807) is 13.2 Å². The number of hydrogen-bond acceptors (Lipinski definition) is 9. The van der Waals surface area contributed by atoms with Crippen molar-refractivity contribution in [3.8, 4) is 0 Å². The summed E-state index contributed by atoms with van der Waals surface area (Å²) in [5.74, 6) is -4.52. The van der Waals surface area contributed by atoms with E-state index in [-0.39, 0.29) is 5.82 Å². The summed E-state index contributed by atoms with van der Waals surface area (Å²) in [6, 6.07) is 7.01. The first kappa shape index (κ1) is 31.0. The summed E-state index contributed by atoms with van der Waals surface area (Å²) >= 11 is 0. The smallest absolute Gasteiger partial charge is 0.336 e. The van der Waals surface area contributed by atoms with Crippen LogP contribution in [0.4, 0.5) is 4.39 Å². The Morgan fingerprint density at radius 2 is 1.65 bits per heavy atom. The van der Waals surface area contributed by atoms with Gasteiger partial charge in [0, 0.05) is 50.1 Å². The van der Waals surface area contributed by atoms with E-state index in [9.17, 15) is 23.9 Å². The van der Waals surface area contributed by atoms with Crippen molar-refractivity contribution in [1.82, 2.24) is 14.9 Å². The number of rotatable bonds is 11. The number of benzene rings is 1. The summed E-state index contributed by atoms with van der Waals surface area (Å²) in [4.78, 5) is 41.8. The normalized spacial score (nSPS) is 22.3. The molecule has 0 spiro atoms. The van der Waals surface area contributed by atoms with Gasteiger partial charge in [-0.25, -0.2) is 19.2 Å². The summed E-state index contributed by atoms with van der Waals surface area (Å²) in [6.45, 7) is 1.41. The van der Waals surface area contributed by atoms with Crippen LogP contribution in [-0.2, 0) is 37.7 Å². The number of carbonyl (C=O) groups is 3. The first-order valence-corrected chi connectivity index (χ1v) is 12.8. The minimum Gasteiger partial charge on any atom is -0.481 e. The number of fused-ring (bicyclic) bond motifs is 2. The van der Waals surface area contributed by atoms with Crippen LogP contribution in [0.5, 0.6) is 0 Å². The highest BCUT2D eigenvalue weighted by Crippen LogP contribution is 2.46. The van der Waals surface area contributed by atoms with E-state index in [1.807, 2.05) is 18.5 Å². The average Bonchev–Trinajstić information content (AvgIpc) is 3.11. The molecule has 2 aliphatic rings. The third-order valence-corrected chi connectivity index (χ3v) is 7.22. The molecule has 40 heavy (non-hydrogen) atoms. The van der Waals surface area contributed by atoms with Crippen LogP contribution in [0.25, 0.3) is 0 Å². The molecule has 12 nitrogen and oxygen atoms in total. The van der Waals surface area contributed by atoms with E-state index < -0.39 is 42.0 Å². The van der Waals surface area contributed by atoms with Gasteiger partial charge < -0.3 is 30.3 Å². The van der Waals surface area contributed by atoms with Gasteiger partial charge in [0.2, 0.25) is 0 Å². The van der Waals surface area contributed by atoms with Crippen LogP contribution in [0.2, 0.25) is 0 Å². The molecule has 0 radical (unpaired) electrons. The van der Waals surface area contributed by atoms with E-state index in [0.717, 1.165) is 30.8 Å². The van der Waals surface area contributed by atoms with Crippen molar-refractivity contribution in [3.05, 3.63) is 59.4 Å². The molecule has 1 aromatic carbocycles. The maximum atomic E-state index is 13.6. The fraction of sp³-hybridized carbons (Fsp3) is 0.519. The van der Waals surface area contributed by atoms with Crippen molar-refractivity contribution in [1.29, 1.82) is 0 Å². The lowest BCUT2D eigenvalue weighted by atomic mass is 9.80. The van der Waals surface area contributed by atoms with Gasteiger partial charge in [-0.3, -0.25) is 14.5 Å². The molecule has 0 aliphatic carbocycles. The Morgan fingerprint density at radius 3 is 2.12 bits per heavy atom. The Hall–Kier alpha value is -3.52. The molecule has 218 valence electrons. The summed E-state index contributed by atoms with van der Waals surface area (Å²) in [5, 5.41) is 45.0. The number of halogens is 1. The lowest BCUT2D eigenvalue weighted by Crippen LogP contribution is -2.49. The first-order chi connectivity index (χ1) is 18.8. The molecule has 0 saturated carbocycles. The van der Waals surface area contributed by atoms with Crippen LogP contribution in [0, 0.1) is 5.82 Å². The minimum atomic E-state index is -2.74. The summed E-state index contributed by atoms with van der Waals surface area (Å²) in [7, 11) is 1.67. The SMILES string of the molecule is COCCc1ncc(CN2C3CCC2CC(O)(c2cccc(F)c2)C3)cn1.O=C(O)CC(O)(CC(=O)O)C(=O)O. The van der Waals surface area contributed by atoms with Gasteiger partial charge in [-0.1, -0.05) is 12.1 Å².